The summed E-state index contributed by atoms with van der Waals surface area (Å²) in [5.74, 6) is 1.96. The molecule has 18 heavy (non-hydrogen) atoms. The second-order valence-electron chi connectivity index (χ2n) is 5.01. The summed E-state index contributed by atoms with van der Waals surface area (Å²) in [5, 5.41) is 3.15. The lowest BCUT2D eigenvalue weighted by Gasteiger charge is -2.32. The number of oxazole rings is 1. The third-order valence-corrected chi connectivity index (χ3v) is 3.73. The van der Waals surface area contributed by atoms with Crippen LogP contribution in [0.4, 0.5) is 0 Å². The molecule has 1 aliphatic rings. The lowest BCUT2D eigenvalue weighted by molar-refractivity contribution is 0.131. The van der Waals surface area contributed by atoms with Gasteiger partial charge < -0.3 is 9.73 Å². The first-order chi connectivity index (χ1) is 8.85. The molecular weight excluding hydrogens is 226 g/mol. The minimum absolute atomic E-state index is 0.404. The summed E-state index contributed by atoms with van der Waals surface area (Å²) in [6.07, 6.45) is 7.77. The van der Waals surface area contributed by atoms with Crippen molar-refractivity contribution >= 4 is 0 Å². The fraction of sp³-hybridized carbons (Fsp3) is 0.786. The Bertz CT molecular complexity index is 351. The molecule has 4 heteroatoms. The molecule has 1 fully saturated rings. The van der Waals surface area contributed by atoms with E-state index in [0.29, 0.717) is 6.04 Å². The second kappa shape index (κ2) is 6.90. The maximum atomic E-state index is 5.92. The lowest BCUT2D eigenvalue weighted by atomic mass is 10.0. The smallest absolute Gasteiger partial charge is 0.211 e. The van der Waals surface area contributed by atoms with Gasteiger partial charge in [0, 0.05) is 6.42 Å². The maximum Gasteiger partial charge on any atom is 0.211 e. The largest absolute Gasteiger partial charge is 0.444 e. The lowest BCUT2D eigenvalue weighted by Crippen LogP contribution is -2.33. The van der Waals surface area contributed by atoms with Crippen LogP contribution >= 0.6 is 0 Å². The van der Waals surface area contributed by atoms with Crippen LogP contribution in [0.1, 0.15) is 50.3 Å². The first-order valence-electron chi connectivity index (χ1n) is 7.18. The number of hydrogen-bond acceptors (Lipinski definition) is 4. The van der Waals surface area contributed by atoms with E-state index in [1.165, 1.54) is 25.8 Å². The normalized spacial score (nSPS) is 21.3. The summed E-state index contributed by atoms with van der Waals surface area (Å²) < 4.78 is 5.92. The Morgan fingerprint density at radius 1 is 1.50 bits per heavy atom. The van der Waals surface area contributed by atoms with Crippen molar-refractivity contribution in [2.75, 3.05) is 26.7 Å². The molecule has 4 nitrogen and oxygen atoms in total. The third-order valence-electron chi connectivity index (χ3n) is 3.73. The number of aryl methyl sites for hydroxylation is 1. The topological polar surface area (TPSA) is 41.3 Å². The summed E-state index contributed by atoms with van der Waals surface area (Å²) in [6.45, 7) is 5.51. The number of aromatic nitrogens is 1. The first kappa shape index (κ1) is 13.6. The third kappa shape index (κ3) is 3.33. The van der Waals surface area contributed by atoms with Gasteiger partial charge >= 0.3 is 0 Å². The van der Waals surface area contributed by atoms with E-state index in [2.05, 4.69) is 22.1 Å². The van der Waals surface area contributed by atoms with Crippen LogP contribution in [0.2, 0.25) is 0 Å². The number of rotatable bonds is 6. The molecule has 2 rings (SSSR count). The molecule has 0 bridgehead atoms. The van der Waals surface area contributed by atoms with Crippen molar-refractivity contribution in [2.24, 2.45) is 0 Å². The van der Waals surface area contributed by atoms with Crippen LogP contribution in [-0.4, -0.2) is 36.6 Å². The van der Waals surface area contributed by atoms with Gasteiger partial charge in [0.1, 0.15) is 5.76 Å². The van der Waals surface area contributed by atoms with Crippen molar-refractivity contribution in [1.29, 1.82) is 0 Å². The van der Waals surface area contributed by atoms with Crippen molar-refractivity contribution in [2.45, 2.75) is 45.1 Å². The zero-order valence-corrected chi connectivity index (χ0v) is 11.6. The molecule has 1 N–H and O–H groups in total. The van der Waals surface area contributed by atoms with E-state index in [-0.39, 0.29) is 0 Å². The van der Waals surface area contributed by atoms with Gasteiger partial charge in [0.05, 0.1) is 12.2 Å². The zero-order valence-electron chi connectivity index (χ0n) is 11.6. The molecule has 0 radical (unpaired) electrons. The van der Waals surface area contributed by atoms with Crippen LogP contribution in [0.25, 0.3) is 0 Å². The second-order valence-corrected chi connectivity index (χ2v) is 5.01. The van der Waals surface area contributed by atoms with Crippen LogP contribution in [0.15, 0.2) is 10.6 Å². The zero-order chi connectivity index (χ0) is 12.8. The van der Waals surface area contributed by atoms with E-state index < -0.39 is 0 Å². The van der Waals surface area contributed by atoms with Gasteiger partial charge in [0.2, 0.25) is 5.89 Å². The van der Waals surface area contributed by atoms with Gasteiger partial charge in [-0.25, -0.2) is 4.98 Å². The van der Waals surface area contributed by atoms with Crippen molar-refractivity contribution in [3.8, 4) is 0 Å². The summed E-state index contributed by atoms with van der Waals surface area (Å²) in [4.78, 5) is 6.97. The van der Waals surface area contributed by atoms with E-state index in [9.17, 15) is 0 Å². The van der Waals surface area contributed by atoms with Crippen molar-refractivity contribution in [3.63, 3.8) is 0 Å². The highest BCUT2D eigenvalue weighted by Crippen LogP contribution is 2.30. The van der Waals surface area contributed by atoms with Gasteiger partial charge in [-0.15, -0.1) is 0 Å². The fourth-order valence-electron chi connectivity index (χ4n) is 2.68. The van der Waals surface area contributed by atoms with Crippen molar-refractivity contribution in [1.82, 2.24) is 15.2 Å². The predicted octanol–water partition coefficient (Wildman–Crippen LogP) is 2.37. The SMILES string of the molecule is CCN1CCCCC1c1ncc(CCCNC)o1. The van der Waals surface area contributed by atoms with E-state index in [4.69, 9.17) is 4.42 Å². The van der Waals surface area contributed by atoms with Gasteiger partial charge in [-0.3, -0.25) is 4.90 Å². The maximum absolute atomic E-state index is 5.92. The van der Waals surface area contributed by atoms with E-state index in [1.54, 1.807) is 0 Å². The minimum Gasteiger partial charge on any atom is -0.444 e. The highest BCUT2D eigenvalue weighted by atomic mass is 16.4. The van der Waals surface area contributed by atoms with Gasteiger partial charge in [0.15, 0.2) is 0 Å². The molecule has 2 heterocycles. The summed E-state index contributed by atoms with van der Waals surface area (Å²) in [5.41, 5.74) is 0. The van der Waals surface area contributed by atoms with Gasteiger partial charge in [0.25, 0.3) is 0 Å². The molecule has 1 atom stereocenters. The van der Waals surface area contributed by atoms with Crippen LogP contribution in [-0.2, 0) is 6.42 Å². The molecule has 0 aliphatic carbocycles. The number of likely N-dealkylation sites (tertiary alicyclic amines) is 1. The average molecular weight is 251 g/mol. The Labute approximate surface area is 110 Å². The molecule has 0 saturated carbocycles. The molecule has 1 aromatic heterocycles. The van der Waals surface area contributed by atoms with Gasteiger partial charge in [-0.2, -0.15) is 0 Å². The molecular formula is C14H25N3O. The molecule has 1 saturated heterocycles. The summed E-state index contributed by atoms with van der Waals surface area (Å²) in [6, 6.07) is 0.404. The molecule has 1 aromatic rings. The van der Waals surface area contributed by atoms with E-state index in [1.807, 2.05) is 13.2 Å². The number of piperidine rings is 1. The average Bonchev–Trinajstić information content (AvgIpc) is 2.88. The number of nitrogens with one attached hydrogen (secondary N) is 1. The Balaban J connectivity index is 1.95. The number of hydrogen-bond donors (Lipinski definition) is 1. The Morgan fingerprint density at radius 3 is 3.17 bits per heavy atom. The molecule has 0 aromatic carbocycles. The quantitative estimate of drug-likeness (QED) is 0.788. The standard InChI is InChI=1S/C14H25N3O/c1-3-17-10-5-4-8-13(17)14-16-11-12(18-14)7-6-9-15-2/h11,13,15H,3-10H2,1-2H3. The highest BCUT2D eigenvalue weighted by Gasteiger charge is 2.26. The Kier molecular flexibility index (Phi) is 5.20. The number of nitrogens with zero attached hydrogens (tertiary/aromatic N) is 2. The monoisotopic (exact) mass is 251 g/mol. The van der Waals surface area contributed by atoms with E-state index in [0.717, 1.165) is 37.6 Å². The summed E-state index contributed by atoms with van der Waals surface area (Å²) >= 11 is 0. The summed E-state index contributed by atoms with van der Waals surface area (Å²) in [7, 11) is 1.98. The molecule has 1 aliphatic heterocycles. The highest BCUT2D eigenvalue weighted by molar-refractivity contribution is 5.00. The van der Waals surface area contributed by atoms with Crippen LogP contribution in [0, 0.1) is 0 Å². The Morgan fingerprint density at radius 2 is 2.39 bits per heavy atom. The molecule has 1 unspecified atom stereocenters. The Hall–Kier alpha value is -0.870. The van der Waals surface area contributed by atoms with Gasteiger partial charge in [-0.05, 0) is 45.9 Å². The molecule has 102 valence electrons. The molecule has 0 amide bonds. The van der Waals surface area contributed by atoms with Crippen LogP contribution < -0.4 is 5.32 Å². The van der Waals surface area contributed by atoms with Crippen molar-refractivity contribution in [3.05, 3.63) is 17.8 Å². The van der Waals surface area contributed by atoms with Crippen LogP contribution in [0.5, 0.6) is 0 Å². The minimum atomic E-state index is 0.404. The van der Waals surface area contributed by atoms with E-state index >= 15 is 0 Å². The fourth-order valence-corrected chi connectivity index (χ4v) is 2.68. The predicted molar refractivity (Wildman–Crippen MR) is 72.6 cm³/mol. The van der Waals surface area contributed by atoms with Crippen LogP contribution in [0.3, 0.4) is 0 Å². The van der Waals surface area contributed by atoms with Gasteiger partial charge in [-0.1, -0.05) is 13.3 Å². The first-order valence-corrected chi connectivity index (χ1v) is 7.18. The van der Waals surface area contributed by atoms with Crippen molar-refractivity contribution < 1.29 is 4.42 Å². The molecule has 0 spiro atoms.